The molecule has 0 aliphatic rings. The fraction of sp³-hybridized carbons (Fsp3) is 0.467. The van der Waals surface area contributed by atoms with Crippen LogP contribution < -0.4 is 0 Å². The molecule has 0 N–H and O–H groups in total. The van der Waals surface area contributed by atoms with Gasteiger partial charge in [0.15, 0.2) is 0 Å². The van der Waals surface area contributed by atoms with E-state index in [4.69, 9.17) is 4.74 Å². The van der Waals surface area contributed by atoms with Crippen LogP contribution in [0.1, 0.15) is 49.5 Å². The van der Waals surface area contributed by atoms with Gasteiger partial charge in [-0.15, -0.1) is 0 Å². The summed E-state index contributed by atoms with van der Waals surface area (Å²) < 4.78 is 4.72. The van der Waals surface area contributed by atoms with Crippen molar-refractivity contribution in [2.45, 2.75) is 33.6 Å². The first-order valence-electron chi connectivity index (χ1n) is 6.28. The Balaban J connectivity index is 2.95. The van der Waals surface area contributed by atoms with Gasteiger partial charge in [-0.1, -0.05) is 39.0 Å². The van der Waals surface area contributed by atoms with Gasteiger partial charge in [0.25, 0.3) is 5.78 Å². The Labute approximate surface area is 108 Å². The third kappa shape index (κ3) is 3.42. The summed E-state index contributed by atoms with van der Waals surface area (Å²) in [5.74, 6) is -0.528. The van der Waals surface area contributed by atoms with Gasteiger partial charge >= 0.3 is 5.97 Å². The highest BCUT2D eigenvalue weighted by Crippen LogP contribution is 2.24. The zero-order valence-electron chi connectivity index (χ0n) is 11.4. The first-order chi connectivity index (χ1) is 8.47. The van der Waals surface area contributed by atoms with Gasteiger partial charge in [-0.3, -0.25) is 4.79 Å². The number of ether oxygens (including phenoxy) is 1. The van der Waals surface area contributed by atoms with Crippen molar-refractivity contribution in [2.75, 3.05) is 6.61 Å². The zero-order chi connectivity index (χ0) is 13.7. The fourth-order valence-corrected chi connectivity index (χ4v) is 1.66. The van der Waals surface area contributed by atoms with Crippen molar-refractivity contribution in [3.63, 3.8) is 0 Å². The summed E-state index contributed by atoms with van der Waals surface area (Å²) in [7, 11) is 0. The number of hydrogen-bond acceptors (Lipinski definition) is 3. The molecule has 1 rings (SSSR count). The summed E-state index contributed by atoms with van der Waals surface area (Å²) >= 11 is 0. The Morgan fingerprint density at radius 2 is 1.89 bits per heavy atom. The van der Waals surface area contributed by atoms with Crippen LogP contribution in [-0.2, 0) is 9.53 Å². The van der Waals surface area contributed by atoms with Crippen LogP contribution in [0.5, 0.6) is 0 Å². The van der Waals surface area contributed by atoms with Crippen molar-refractivity contribution in [1.82, 2.24) is 0 Å². The average Bonchev–Trinajstić information content (AvgIpc) is 2.37. The minimum Gasteiger partial charge on any atom is -0.460 e. The highest BCUT2D eigenvalue weighted by atomic mass is 16.5. The van der Waals surface area contributed by atoms with Crippen molar-refractivity contribution in [1.29, 1.82) is 0 Å². The lowest BCUT2D eigenvalue weighted by molar-refractivity contribution is -0.137. The number of hydrogen-bond donors (Lipinski definition) is 0. The molecule has 1 aromatic rings. The van der Waals surface area contributed by atoms with Crippen LogP contribution in [0.3, 0.4) is 0 Å². The molecular weight excluding hydrogens is 228 g/mol. The SMILES string of the molecule is CCOC(=O)C(=O)c1cccc(C(C)C(C)C)c1. The van der Waals surface area contributed by atoms with Crippen LogP contribution in [-0.4, -0.2) is 18.4 Å². The van der Waals surface area contributed by atoms with Crippen molar-refractivity contribution in [3.05, 3.63) is 35.4 Å². The Kier molecular flexibility index (Phi) is 5.08. The molecule has 0 saturated carbocycles. The Morgan fingerprint density at radius 3 is 2.44 bits per heavy atom. The average molecular weight is 248 g/mol. The van der Waals surface area contributed by atoms with Crippen LogP contribution >= 0.6 is 0 Å². The summed E-state index contributed by atoms with van der Waals surface area (Å²) in [6.45, 7) is 8.27. The first kappa shape index (κ1) is 14.4. The summed E-state index contributed by atoms with van der Waals surface area (Å²) in [5.41, 5.74) is 1.47. The lowest BCUT2D eigenvalue weighted by atomic mass is 9.89. The van der Waals surface area contributed by atoms with Crippen LogP contribution in [0, 0.1) is 5.92 Å². The van der Waals surface area contributed by atoms with E-state index in [1.165, 1.54) is 0 Å². The molecule has 3 heteroatoms. The quantitative estimate of drug-likeness (QED) is 0.456. The first-order valence-corrected chi connectivity index (χ1v) is 6.28. The fourth-order valence-electron chi connectivity index (χ4n) is 1.66. The molecule has 1 aromatic carbocycles. The summed E-state index contributed by atoms with van der Waals surface area (Å²) in [6.07, 6.45) is 0. The molecule has 1 unspecified atom stereocenters. The molecule has 98 valence electrons. The van der Waals surface area contributed by atoms with Gasteiger partial charge < -0.3 is 4.74 Å². The number of carbonyl (C=O) groups excluding carboxylic acids is 2. The third-order valence-electron chi connectivity index (χ3n) is 3.14. The number of carbonyl (C=O) groups is 2. The molecule has 3 nitrogen and oxygen atoms in total. The van der Waals surface area contributed by atoms with Crippen molar-refractivity contribution in [2.24, 2.45) is 5.92 Å². The molecule has 0 amide bonds. The van der Waals surface area contributed by atoms with E-state index in [-0.39, 0.29) is 6.61 Å². The maximum Gasteiger partial charge on any atom is 0.379 e. The largest absolute Gasteiger partial charge is 0.460 e. The van der Waals surface area contributed by atoms with E-state index in [1.54, 1.807) is 25.1 Å². The highest BCUT2D eigenvalue weighted by molar-refractivity contribution is 6.40. The molecular formula is C15H20O3. The van der Waals surface area contributed by atoms with E-state index in [0.717, 1.165) is 5.56 Å². The van der Waals surface area contributed by atoms with E-state index >= 15 is 0 Å². The summed E-state index contributed by atoms with van der Waals surface area (Å²) in [5, 5.41) is 0. The number of benzene rings is 1. The van der Waals surface area contributed by atoms with E-state index in [2.05, 4.69) is 20.8 Å². The second kappa shape index (κ2) is 6.34. The maximum atomic E-state index is 11.8. The number of ketones is 1. The van der Waals surface area contributed by atoms with Gasteiger partial charge in [-0.05, 0) is 30.4 Å². The Morgan fingerprint density at radius 1 is 1.22 bits per heavy atom. The number of rotatable bonds is 5. The van der Waals surface area contributed by atoms with Gasteiger partial charge in [0.2, 0.25) is 0 Å². The summed E-state index contributed by atoms with van der Waals surface area (Å²) in [6, 6.07) is 7.22. The molecule has 0 bridgehead atoms. The van der Waals surface area contributed by atoms with E-state index < -0.39 is 11.8 Å². The van der Waals surface area contributed by atoms with E-state index in [9.17, 15) is 9.59 Å². The standard InChI is InChI=1S/C15H20O3/c1-5-18-15(17)14(16)13-8-6-7-12(9-13)11(4)10(2)3/h6-11H,5H2,1-4H3. The van der Waals surface area contributed by atoms with Gasteiger partial charge in [0, 0.05) is 5.56 Å². The molecule has 18 heavy (non-hydrogen) atoms. The predicted molar refractivity (Wildman–Crippen MR) is 70.7 cm³/mol. The van der Waals surface area contributed by atoms with Crippen molar-refractivity contribution in [3.8, 4) is 0 Å². The van der Waals surface area contributed by atoms with Crippen LogP contribution in [0.4, 0.5) is 0 Å². The van der Waals surface area contributed by atoms with E-state index in [1.807, 2.05) is 6.07 Å². The lowest BCUT2D eigenvalue weighted by Gasteiger charge is -2.16. The molecule has 1 atom stereocenters. The van der Waals surface area contributed by atoms with Crippen LogP contribution in [0.2, 0.25) is 0 Å². The topological polar surface area (TPSA) is 43.4 Å². The van der Waals surface area contributed by atoms with Gasteiger partial charge in [-0.2, -0.15) is 0 Å². The second-order valence-electron chi connectivity index (χ2n) is 4.71. The van der Waals surface area contributed by atoms with Crippen molar-refractivity contribution >= 4 is 11.8 Å². The molecule has 0 heterocycles. The highest BCUT2D eigenvalue weighted by Gasteiger charge is 2.19. The molecule has 0 radical (unpaired) electrons. The zero-order valence-corrected chi connectivity index (χ0v) is 11.4. The maximum absolute atomic E-state index is 11.8. The molecule has 0 aromatic heterocycles. The van der Waals surface area contributed by atoms with Crippen LogP contribution in [0.15, 0.2) is 24.3 Å². The smallest absolute Gasteiger partial charge is 0.379 e. The van der Waals surface area contributed by atoms with E-state index in [0.29, 0.717) is 17.4 Å². The molecule has 0 saturated heterocycles. The Bertz CT molecular complexity index is 435. The van der Waals surface area contributed by atoms with Gasteiger partial charge in [0.05, 0.1) is 6.61 Å². The Hall–Kier alpha value is -1.64. The lowest BCUT2D eigenvalue weighted by Crippen LogP contribution is -2.17. The monoisotopic (exact) mass is 248 g/mol. The predicted octanol–water partition coefficient (Wildman–Crippen LogP) is 3.19. The third-order valence-corrected chi connectivity index (χ3v) is 3.14. The van der Waals surface area contributed by atoms with Gasteiger partial charge in [-0.25, -0.2) is 4.79 Å². The normalized spacial score (nSPS) is 12.3. The summed E-state index contributed by atoms with van der Waals surface area (Å²) in [4.78, 5) is 23.2. The minimum absolute atomic E-state index is 0.215. The second-order valence-corrected chi connectivity index (χ2v) is 4.71. The molecule has 0 fully saturated rings. The molecule has 0 spiro atoms. The number of esters is 1. The molecule has 0 aliphatic heterocycles. The van der Waals surface area contributed by atoms with Gasteiger partial charge in [0.1, 0.15) is 0 Å². The minimum atomic E-state index is -0.785. The van der Waals surface area contributed by atoms with Crippen molar-refractivity contribution < 1.29 is 14.3 Å². The number of Topliss-reactive ketones (excluding diaryl/α,β-unsaturated/α-hetero) is 1. The van der Waals surface area contributed by atoms with Crippen LogP contribution in [0.25, 0.3) is 0 Å². The molecule has 0 aliphatic carbocycles.